The first-order chi connectivity index (χ1) is 16.6. The van der Waals surface area contributed by atoms with E-state index in [1.807, 2.05) is 0 Å². The van der Waals surface area contributed by atoms with Crippen LogP contribution in [-0.2, 0) is 9.59 Å². The number of imide groups is 1. The van der Waals surface area contributed by atoms with Crippen LogP contribution in [0.25, 0.3) is 0 Å². The van der Waals surface area contributed by atoms with Gasteiger partial charge in [-0.15, -0.1) is 0 Å². The topological polar surface area (TPSA) is 84.0 Å². The van der Waals surface area contributed by atoms with Gasteiger partial charge in [-0.2, -0.15) is 5.01 Å². The van der Waals surface area contributed by atoms with Crippen molar-refractivity contribution in [3.05, 3.63) is 63.6 Å². The normalized spacial score (nSPS) is 23.7. The van der Waals surface area contributed by atoms with Crippen LogP contribution < -0.4 is 4.74 Å². The zero-order valence-electron chi connectivity index (χ0n) is 18.4. The molecule has 1 saturated heterocycles. The highest BCUT2D eigenvalue weighted by atomic mass is 79.9. The molecule has 1 aliphatic carbocycles. The van der Waals surface area contributed by atoms with Crippen LogP contribution in [0, 0.1) is 11.8 Å². The Bertz CT molecular complexity index is 1180. The van der Waals surface area contributed by atoms with E-state index < -0.39 is 41.9 Å². The lowest BCUT2D eigenvalue weighted by Crippen LogP contribution is -2.52. The maximum atomic E-state index is 13.6. The summed E-state index contributed by atoms with van der Waals surface area (Å²) in [6, 6.07) is 10.6. The van der Waals surface area contributed by atoms with E-state index >= 15 is 0 Å². The Labute approximate surface area is 228 Å². The smallest absolute Gasteiger partial charge is 0.273 e. The van der Waals surface area contributed by atoms with Crippen molar-refractivity contribution in [1.29, 1.82) is 0 Å². The van der Waals surface area contributed by atoms with Gasteiger partial charge in [-0.1, -0.05) is 67.2 Å². The number of carbonyl (C=O) groups is 4. The number of hydrogen-bond donors (Lipinski definition) is 0. The molecule has 2 aliphatic rings. The summed E-state index contributed by atoms with van der Waals surface area (Å²) in [5, 5.41) is 2.13. The third kappa shape index (κ3) is 5.14. The van der Waals surface area contributed by atoms with Crippen LogP contribution in [0.1, 0.15) is 33.6 Å². The maximum Gasteiger partial charge on any atom is 0.273 e. The van der Waals surface area contributed by atoms with Crippen LogP contribution in [-0.4, -0.2) is 56.8 Å². The highest BCUT2D eigenvalue weighted by molar-refractivity contribution is 9.12. The number of hydrogen-bond acceptors (Lipinski definition) is 5. The second-order valence-corrected chi connectivity index (χ2v) is 11.5. The highest BCUT2D eigenvalue weighted by Crippen LogP contribution is 2.43. The average Bonchev–Trinajstić information content (AvgIpc) is 3.08. The van der Waals surface area contributed by atoms with E-state index in [4.69, 9.17) is 27.9 Å². The van der Waals surface area contributed by atoms with Crippen molar-refractivity contribution in [2.75, 3.05) is 13.7 Å². The summed E-state index contributed by atoms with van der Waals surface area (Å²) in [5.74, 6) is -2.90. The standard InChI is InChI=1S/C24H20Br2Cl2N2O5/c1-35-14-4-2-3-12(7-14)21(31)11-29(22(32)13-5-6-19(27)20(28)8-13)30-23(33)15-9-17(25)18(26)10-16(15)24(30)34/h2-8,15-18H,9-11H2,1H3/t15-,16+,17-,18-/m0/s1. The van der Waals surface area contributed by atoms with Crippen LogP contribution in [0.2, 0.25) is 10.0 Å². The summed E-state index contributed by atoms with van der Waals surface area (Å²) >= 11 is 19.2. The van der Waals surface area contributed by atoms with E-state index in [1.165, 1.54) is 31.4 Å². The third-order valence-electron chi connectivity index (χ3n) is 6.22. The number of carbonyl (C=O) groups excluding carboxylic acids is 4. The Hall–Kier alpha value is -1.94. The minimum atomic E-state index is -0.717. The third-order valence-corrected chi connectivity index (χ3v) is 9.69. The predicted octanol–water partition coefficient (Wildman–Crippen LogP) is 5.16. The minimum absolute atomic E-state index is 0.00177. The zero-order chi connectivity index (χ0) is 25.4. The number of rotatable bonds is 6. The maximum absolute atomic E-state index is 13.6. The van der Waals surface area contributed by atoms with Gasteiger partial charge in [0.05, 0.1) is 29.0 Å². The summed E-state index contributed by atoms with van der Waals surface area (Å²) in [5.41, 5.74) is 0.360. The number of nitrogens with zero attached hydrogens (tertiary/aromatic N) is 2. The molecule has 3 amide bonds. The lowest BCUT2D eigenvalue weighted by molar-refractivity contribution is -0.154. The van der Waals surface area contributed by atoms with E-state index in [0.717, 1.165) is 10.0 Å². The fraction of sp³-hybridized carbons (Fsp3) is 0.333. The molecule has 0 aromatic heterocycles. The van der Waals surface area contributed by atoms with Crippen molar-refractivity contribution in [3.8, 4) is 5.75 Å². The number of fused-ring (bicyclic) bond motifs is 1. The van der Waals surface area contributed by atoms with Crippen LogP contribution in [0.3, 0.4) is 0 Å². The largest absolute Gasteiger partial charge is 0.497 e. The molecule has 4 rings (SSSR count). The molecule has 2 aromatic rings. The van der Waals surface area contributed by atoms with Crippen molar-refractivity contribution >= 4 is 78.6 Å². The van der Waals surface area contributed by atoms with Crippen LogP contribution in [0.4, 0.5) is 0 Å². The van der Waals surface area contributed by atoms with Crippen molar-refractivity contribution in [2.45, 2.75) is 22.5 Å². The Morgan fingerprint density at radius 2 is 1.60 bits per heavy atom. The quantitative estimate of drug-likeness (QED) is 0.246. The van der Waals surface area contributed by atoms with Gasteiger partial charge in [0.25, 0.3) is 17.7 Å². The number of amides is 3. The Balaban J connectivity index is 1.71. The van der Waals surface area contributed by atoms with Crippen molar-refractivity contribution < 1.29 is 23.9 Å². The number of ketones is 1. The van der Waals surface area contributed by atoms with Crippen LogP contribution in [0.5, 0.6) is 5.75 Å². The van der Waals surface area contributed by atoms with Crippen molar-refractivity contribution in [2.24, 2.45) is 11.8 Å². The van der Waals surface area contributed by atoms with Gasteiger partial charge in [-0.25, -0.2) is 5.01 Å². The summed E-state index contributed by atoms with van der Waals surface area (Å²) in [6.07, 6.45) is 0.862. The first kappa shape index (κ1) is 26.1. The van der Waals surface area contributed by atoms with Crippen molar-refractivity contribution in [3.63, 3.8) is 0 Å². The number of Topliss-reactive ketones (excluding diaryl/α,β-unsaturated/α-hetero) is 1. The average molecular weight is 647 g/mol. The monoisotopic (exact) mass is 644 g/mol. The predicted molar refractivity (Wildman–Crippen MR) is 138 cm³/mol. The van der Waals surface area contributed by atoms with Crippen LogP contribution >= 0.6 is 55.1 Å². The van der Waals surface area contributed by atoms with Gasteiger partial charge in [-0.05, 0) is 43.2 Å². The molecule has 4 atom stereocenters. The molecule has 0 unspecified atom stereocenters. The molecule has 35 heavy (non-hydrogen) atoms. The molecule has 2 fully saturated rings. The molecule has 0 radical (unpaired) electrons. The number of alkyl halides is 2. The van der Waals surface area contributed by atoms with Gasteiger partial charge in [-0.3, -0.25) is 19.2 Å². The molecular formula is C24H20Br2Cl2N2O5. The first-order valence-corrected chi connectivity index (χ1v) is 13.3. The van der Waals surface area contributed by atoms with E-state index in [0.29, 0.717) is 18.6 Å². The fourth-order valence-electron chi connectivity index (χ4n) is 4.35. The zero-order valence-corrected chi connectivity index (χ0v) is 23.1. The molecule has 2 aromatic carbocycles. The Morgan fingerprint density at radius 1 is 0.971 bits per heavy atom. The molecular weight excluding hydrogens is 627 g/mol. The fourth-order valence-corrected chi connectivity index (χ4v) is 5.89. The molecule has 0 N–H and O–H groups in total. The van der Waals surface area contributed by atoms with Crippen LogP contribution in [0.15, 0.2) is 42.5 Å². The molecule has 1 saturated carbocycles. The molecule has 1 aliphatic heterocycles. The molecule has 1 heterocycles. The number of halogens is 4. The molecule has 0 bridgehead atoms. The Morgan fingerprint density at radius 3 is 2.17 bits per heavy atom. The van der Waals surface area contributed by atoms with Gasteiger partial charge in [0.1, 0.15) is 12.3 Å². The van der Waals surface area contributed by atoms with E-state index in [-0.39, 0.29) is 30.8 Å². The molecule has 184 valence electrons. The van der Waals surface area contributed by atoms with Gasteiger partial charge in [0.2, 0.25) is 0 Å². The van der Waals surface area contributed by atoms with Gasteiger partial charge in [0.15, 0.2) is 5.78 Å². The number of ether oxygens (including phenoxy) is 1. The lowest BCUT2D eigenvalue weighted by Gasteiger charge is -2.30. The van der Waals surface area contributed by atoms with E-state index in [9.17, 15) is 19.2 Å². The van der Waals surface area contributed by atoms with Gasteiger partial charge in [0, 0.05) is 20.8 Å². The number of hydrazine groups is 1. The molecule has 11 heteroatoms. The number of benzene rings is 2. The SMILES string of the molecule is COc1cccc(C(=O)CN(C(=O)c2ccc(Cl)c(Cl)c2)N2C(=O)[C@H]3C[C@H](Br)[C@@H](Br)C[C@H]3C2=O)c1. The molecule has 0 spiro atoms. The highest BCUT2D eigenvalue weighted by Gasteiger charge is 2.54. The number of methoxy groups -OCH3 is 1. The second kappa shape index (κ2) is 10.6. The molecule has 7 nitrogen and oxygen atoms in total. The minimum Gasteiger partial charge on any atom is -0.497 e. The summed E-state index contributed by atoms with van der Waals surface area (Å²) in [6.45, 7) is -0.529. The summed E-state index contributed by atoms with van der Waals surface area (Å²) in [7, 11) is 1.47. The Kier molecular flexibility index (Phi) is 7.90. The van der Waals surface area contributed by atoms with Crippen molar-refractivity contribution in [1.82, 2.24) is 10.0 Å². The first-order valence-electron chi connectivity index (χ1n) is 10.7. The second-order valence-electron chi connectivity index (χ2n) is 8.35. The van der Waals surface area contributed by atoms with E-state index in [1.54, 1.807) is 18.2 Å². The van der Waals surface area contributed by atoms with Gasteiger partial charge < -0.3 is 4.74 Å². The lowest BCUT2D eigenvalue weighted by atomic mass is 9.81. The summed E-state index contributed by atoms with van der Waals surface area (Å²) < 4.78 is 5.18. The van der Waals surface area contributed by atoms with E-state index in [2.05, 4.69) is 31.9 Å². The van der Waals surface area contributed by atoms with Gasteiger partial charge >= 0.3 is 0 Å². The summed E-state index contributed by atoms with van der Waals surface area (Å²) in [4.78, 5) is 53.6.